The van der Waals surface area contributed by atoms with Crippen LogP contribution >= 0.6 is 0 Å². The Morgan fingerprint density at radius 2 is 1.70 bits per heavy atom. The van der Waals surface area contributed by atoms with E-state index in [-0.39, 0.29) is 18.0 Å². The van der Waals surface area contributed by atoms with Crippen molar-refractivity contribution in [3.05, 3.63) is 87.3 Å². The lowest BCUT2D eigenvalue weighted by atomic mass is 10.1. The molecule has 0 saturated heterocycles. The predicted molar refractivity (Wildman–Crippen MR) is 119 cm³/mol. The number of pyridine rings is 1. The average Bonchev–Trinajstić information content (AvgIpc) is 3.06. The summed E-state index contributed by atoms with van der Waals surface area (Å²) < 4.78 is 3.24. The smallest absolute Gasteiger partial charge is 0.252 e. The number of hydrogen-bond acceptors (Lipinski definition) is 3. The van der Waals surface area contributed by atoms with Gasteiger partial charge in [0.25, 0.3) is 5.56 Å². The van der Waals surface area contributed by atoms with Gasteiger partial charge in [-0.3, -0.25) is 14.2 Å². The van der Waals surface area contributed by atoms with Crippen LogP contribution in [-0.4, -0.2) is 20.3 Å². The Balaban J connectivity index is 1.81. The molecule has 6 heteroatoms. The third-order valence-corrected chi connectivity index (χ3v) is 5.26. The van der Waals surface area contributed by atoms with Gasteiger partial charge in [0.05, 0.1) is 11.4 Å². The number of aryl methyl sites for hydroxylation is 4. The molecule has 152 valence electrons. The van der Waals surface area contributed by atoms with Crippen LogP contribution in [0, 0.1) is 27.7 Å². The van der Waals surface area contributed by atoms with Gasteiger partial charge in [0.1, 0.15) is 12.2 Å². The highest BCUT2D eigenvalue weighted by molar-refractivity contribution is 5.93. The molecule has 0 aliphatic heterocycles. The minimum Gasteiger partial charge on any atom is -0.324 e. The molecule has 2 aromatic carbocycles. The number of carbonyl (C=O) groups excluding carboxylic acids is 1. The van der Waals surface area contributed by atoms with E-state index in [1.54, 1.807) is 10.7 Å². The fourth-order valence-electron chi connectivity index (χ4n) is 3.77. The molecule has 0 atom stereocenters. The number of nitrogens with one attached hydrogen (secondary N) is 1. The number of aromatic nitrogens is 3. The number of anilines is 1. The fraction of sp³-hybridized carbons (Fsp3) is 0.208. The van der Waals surface area contributed by atoms with Gasteiger partial charge in [-0.15, -0.1) is 0 Å². The summed E-state index contributed by atoms with van der Waals surface area (Å²) in [6.07, 6.45) is 0. The highest BCUT2D eigenvalue weighted by Gasteiger charge is 2.19. The Bertz CT molecular complexity index is 1320. The van der Waals surface area contributed by atoms with Crippen molar-refractivity contribution in [3.8, 4) is 5.69 Å². The molecule has 0 spiro atoms. The second-order valence-electron chi connectivity index (χ2n) is 7.65. The molecule has 2 aromatic heterocycles. The first-order valence-corrected chi connectivity index (χ1v) is 9.87. The lowest BCUT2D eigenvalue weighted by molar-refractivity contribution is -0.116. The van der Waals surface area contributed by atoms with E-state index in [1.807, 2.05) is 76.2 Å². The largest absolute Gasteiger partial charge is 0.324 e. The topological polar surface area (TPSA) is 68.9 Å². The first-order chi connectivity index (χ1) is 14.3. The van der Waals surface area contributed by atoms with Crippen molar-refractivity contribution in [2.24, 2.45) is 0 Å². The Morgan fingerprint density at radius 1 is 0.967 bits per heavy atom. The highest BCUT2D eigenvalue weighted by Crippen LogP contribution is 2.24. The molecule has 0 radical (unpaired) electrons. The molecule has 0 aliphatic carbocycles. The first-order valence-electron chi connectivity index (χ1n) is 9.87. The Hall–Kier alpha value is -3.67. The SMILES string of the molecule is Cc1ccc(C)c(NC(=O)Cn2c(=O)cc(C)c3c(C)nn(-c4ccccc4)c32)c1. The molecule has 4 aromatic rings. The number of nitrogens with zero attached hydrogens (tertiary/aromatic N) is 3. The quantitative estimate of drug-likeness (QED) is 0.562. The zero-order valence-electron chi connectivity index (χ0n) is 17.6. The van der Waals surface area contributed by atoms with Gasteiger partial charge >= 0.3 is 0 Å². The average molecular weight is 400 g/mol. The molecular weight excluding hydrogens is 376 g/mol. The minimum atomic E-state index is -0.255. The maximum Gasteiger partial charge on any atom is 0.252 e. The van der Waals surface area contributed by atoms with E-state index in [0.29, 0.717) is 5.65 Å². The Morgan fingerprint density at radius 3 is 2.43 bits per heavy atom. The number of amides is 1. The van der Waals surface area contributed by atoms with Crippen LogP contribution in [0.25, 0.3) is 16.7 Å². The summed E-state index contributed by atoms with van der Waals surface area (Å²) in [6, 6.07) is 17.1. The van der Waals surface area contributed by atoms with Gasteiger partial charge in [-0.1, -0.05) is 30.3 Å². The van der Waals surface area contributed by atoms with Gasteiger partial charge < -0.3 is 5.32 Å². The molecule has 1 N–H and O–H groups in total. The van der Waals surface area contributed by atoms with Gasteiger partial charge in [0, 0.05) is 17.1 Å². The number of fused-ring (bicyclic) bond motifs is 1. The Kier molecular flexibility index (Phi) is 4.99. The summed E-state index contributed by atoms with van der Waals surface area (Å²) in [7, 11) is 0. The van der Waals surface area contributed by atoms with Crippen LogP contribution in [0.5, 0.6) is 0 Å². The minimum absolute atomic E-state index is 0.0963. The second-order valence-corrected chi connectivity index (χ2v) is 7.65. The van der Waals surface area contributed by atoms with Crippen molar-refractivity contribution in [2.75, 3.05) is 5.32 Å². The number of hydrogen-bond donors (Lipinski definition) is 1. The van der Waals surface area contributed by atoms with Crippen LogP contribution < -0.4 is 10.9 Å². The van der Waals surface area contributed by atoms with Crippen molar-refractivity contribution < 1.29 is 4.79 Å². The Labute approximate surface area is 174 Å². The molecule has 30 heavy (non-hydrogen) atoms. The van der Waals surface area contributed by atoms with Crippen LogP contribution in [-0.2, 0) is 11.3 Å². The monoisotopic (exact) mass is 400 g/mol. The fourth-order valence-corrected chi connectivity index (χ4v) is 3.77. The normalized spacial score (nSPS) is 11.1. The summed E-state index contributed by atoms with van der Waals surface area (Å²) in [5.41, 5.74) is 5.68. The maximum absolute atomic E-state index is 12.9. The van der Waals surface area contributed by atoms with Crippen LogP contribution in [0.2, 0.25) is 0 Å². The van der Waals surface area contributed by atoms with Gasteiger partial charge in [-0.2, -0.15) is 5.10 Å². The highest BCUT2D eigenvalue weighted by atomic mass is 16.2. The standard InChI is InChI=1S/C24H24N4O2/c1-15-10-11-16(2)20(12-15)25-21(29)14-27-22(30)13-17(3)23-18(4)26-28(24(23)27)19-8-6-5-7-9-19/h5-13H,14H2,1-4H3,(H,25,29). The lowest BCUT2D eigenvalue weighted by Gasteiger charge is -2.13. The molecule has 0 aliphatic rings. The maximum atomic E-state index is 12.9. The van der Waals surface area contributed by atoms with Gasteiger partial charge in [-0.05, 0) is 62.6 Å². The van der Waals surface area contributed by atoms with E-state index in [0.717, 1.165) is 39.1 Å². The van der Waals surface area contributed by atoms with Gasteiger partial charge in [0.2, 0.25) is 5.91 Å². The lowest BCUT2D eigenvalue weighted by Crippen LogP contribution is -2.29. The number of para-hydroxylation sites is 1. The van der Waals surface area contributed by atoms with E-state index in [2.05, 4.69) is 10.4 Å². The molecule has 0 saturated carbocycles. The predicted octanol–water partition coefficient (Wildman–Crippen LogP) is 4.06. The van der Waals surface area contributed by atoms with E-state index in [9.17, 15) is 9.59 Å². The summed E-state index contributed by atoms with van der Waals surface area (Å²) >= 11 is 0. The number of benzene rings is 2. The zero-order valence-corrected chi connectivity index (χ0v) is 17.6. The summed E-state index contributed by atoms with van der Waals surface area (Å²) in [5.74, 6) is -0.255. The third-order valence-electron chi connectivity index (χ3n) is 5.26. The van der Waals surface area contributed by atoms with Crippen LogP contribution in [0.3, 0.4) is 0 Å². The summed E-state index contributed by atoms with van der Waals surface area (Å²) in [4.78, 5) is 25.8. The van der Waals surface area contributed by atoms with Gasteiger partial charge in [0.15, 0.2) is 0 Å². The van der Waals surface area contributed by atoms with Crippen LogP contribution in [0.15, 0.2) is 59.4 Å². The van der Waals surface area contributed by atoms with Crippen molar-refractivity contribution in [3.63, 3.8) is 0 Å². The van der Waals surface area contributed by atoms with Crippen LogP contribution in [0.4, 0.5) is 5.69 Å². The van der Waals surface area contributed by atoms with Crippen molar-refractivity contribution in [2.45, 2.75) is 34.2 Å². The molecule has 4 rings (SSSR count). The second kappa shape index (κ2) is 7.63. The van der Waals surface area contributed by atoms with Crippen molar-refractivity contribution in [1.29, 1.82) is 0 Å². The molecule has 0 unspecified atom stereocenters. The van der Waals surface area contributed by atoms with E-state index < -0.39 is 0 Å². The first kappa shape index (κ1) is 19.6. The van der Waals surface area contributed by atoms with Crippen molar-refractivity contribution in [1.82, 2.24) is 14.3 Å². The van der Waals surface area contributed by atoms with E-state index >= 15 is 0 Å². The molecule has 1 amide bonds. The summed E-state index contributed by atoms with van der Waals surface area (Å²) in [6.45, 7) is 7.64. The van der Waals surface area contributed by atoms with Crippen molar-refractivity contribution >= 4 is 22.6 Å². The zero-order chi connectivity index (χ0) is 21.4. The molecule has 0 fully saturated rings. The van der Waals surface area contributed by atoms with E-state index in [1.165, 1.54) is 4.57 Å². The molecular formula is C24H24N4O2. The summed E-state index contributed by atoms with van der Waals surface area (Å²) in [5, 5.41) is 8.50. The molecule has 2 heterocycles. The number of rotatable bonds is 4. The van der Waals surface area contributed by atoms with E-state index in [4.69, 9.17) is 0 Å². The van der Waals surface area contributed by atoms with Gasteiger partial charge in [-0.25, -0.2) is 4.68 Å². The molecule has 0 bridgehead atoms. The van der Waals surface area contributed by atoms with Crippen LogP contribution in [0.1, 0.15) is 22.4 Å². The molecule has 6 nitrogen and oxygen atoms in total. The number of carbonyl (C=O) groups is 1. The third kappa shape index (κ3) is 3.52.